The minimum atomic E-state index is 0.755. The number of hydrogen-bond donors (Lipinski definition) is 1. The van der Waals surface area contributed by atoms with Crippen molar-refractivity contribution in [1.29, 1.82) is 0 Å². The normalized spacial score (nSPS) is 10.4. The Labute approximate surface area is 85.0 Å². The van der Waals surface area contributed by atoms with Crippen LogP contribution in [0.4, 0.5) is 0 Å². The average Bonchev–Trinajstić information content (AvgIpc) is 2.63. The Hall–Kier alpha value is -1.16. The first-order valence-corrected chi connectivity index (χ1v) is 5.06. The summed E-state index contributed by atoms with van der Waals surface area (Å²) in [5, 5.41) is 7.52. The van der Waals surface area contributed by atoms with Gasteiger partial charge in [-0.15, -0.1) is 6.58 Å². The highest BCUT2D eigenvalue weighted by molar-refractivity contribution is 4.80. The topological polar surface area (TPSA) is 42.7 Å². The van der Waals surface area contributed by atoms with Gasteiger partial charge in [-0.3, -0.25) is 4.68 Å². The fourth-order valence-corrected chi connectivity index (χ4v) is 1.16. The molecule has 0 saturated heterocycles. The van der Waals surface area contributed by atoms with Crippen molar-refractivity contribution in [3.8, 4) is 0 Å². The Balaban J connectivity index is 2.31. The second-order valence-electron chi connectivity index (χ2n) is 3.14. The molecule has 1 rings (SSSR count). The molecule has 14 heavy (non-hydrogen) atoms. The quantitative estimate of drug-likeness (QED) is 0.526. The highest BCUT2D eigenvalue weighted by Crippen LogP contribution is 1.95. The van der Waals surface area contributed by atoms with Crippen molar-refractivity contribution in [2.75, 3.05) is 6.54 Å². The van der Waals surface area contributed by atoms with E-state index in [2.05, 4.69) is 28.9 Å². The minimum Gasteiger partial charge on any atom is -0.310 e. The van der Waals surface area contributed by atoms with Gasteiger partial charge in [-0.25, -0.2) is 4.98 Å². The van der Waals surface area contributed by atoms with E-state index in [0.717, 1.165) is 38.3 Å². The van der Waals surface area contributed by atoms with Gasteiger partial charge >= 0.3 is 0 Å². The molecule has 4 nitrogen and oxygen atoms in total. The second kappa shape index (κ2) is 6.32. The molecule has 0 fully saturated rings. The largest absolute Gasteiger partial charge is 0.310 e. The van der Waals surface area contributed by atoms with Gasteiger partial charge in [-0.1, -0.05) is 13.0 Å². The Morgan fingerprint density at radius 1 is 1.64 bits per heavy atom. The summed E-state index contributed by atoms with van der Waals surface area (Å²) in [6, 6.07) is 0. The van der Waals surface area contributed by atoms with Crippen LogP contribution in [0.25, 0.3) is 0 Å². The number of nitrogens with one attached hydrogen (secondary N) is 1. The lowest BCUT2D eigenvalue weighted by molar-refractivity contribution is 0.570. The van der Waals surface area contributed by atoms with Crippen LogP contribution in [0.5, 0.6) is 0 Å². The molecular formula is C10H18N4. The lowest BCUT2D eigenvalue weighted by Gasteiger charge is -1.97. The number of rotatable bonds is 7. The zero-order valence-electron chi connectivity index (χ0n) is 8.74. The number of unbranched alkanes of at least 4 members (excludes halogenated alkanes) is 1. The Bertz CT molecular complexity index is 267. The molecule has 1 aromatic rings. The molecule has 0 aliphatic rings. The third-order valence-electron chi connectivity index (χ3n) is 1.91. The molecule has 4 heteroatoms. The molecule has 0 saturated carbocycles. The van der Waals surface area contributed by atoms with Crippen molar-refractivity contribution in [2.45, 2.75) is 32.9 Å². The van der Waals surface area contributed by atoms with E-state index in [1.807, 2.05) is 10.8 Å². The van der Waals surface area contributed by atoms with Gasteiger partial charge in [0.15, 0.2) is 5.82 Å². The molecule has 0 bridgehead atoms. The van der Waals surface area contributed by atoms with Crippen LogP contribution in [-0.2, 0) is 13.1 Å². The van der Waals surface area contributed by atoms with Crippen molar-refractivity contribution in [3.63, 3.8) is 0 Å². The first kappa shape index (κ1) is 10.9. The smallest absolute Gasteiger partial charge is 0.164 e. The van der Waals surface area contributed by atoms with Gasteiger partial charge in [0.05, 0.1) is 6.54 Å². The van der Waals surface area contributed by atoms with E-state index in [4.69, 9.17) is 0 Å². The van der Waals surface area contributed by atoms with Crippen molar-refractivity contribution >= 4 is 0 Å². The molecular weight excluding hydrogens is 176 g/mol. The maximum absolute atomic E-state index is 4.33. The molecule has 0 spiro atoms. The third kappa shape index (κ3) is 3.70. The number of nitrogens with zero attached hydrogens (tertiary/aromatic N) is 3. The van der Waals surface area contributed by atoms with E-state index < -0.39 is 0 Å². The van der Waals surface area contributed by atoms with Crippen LogP contribution in [0, 0.1) is 0 Å². The van der Waals surface area contributed by atoms with Gasteiger partial charge in [0, 0.05) is 6.54 Å². The van der Waals surface area contributed by atoms with Crippen LogP contribution < -0.4 is 5.32 Å². The summed E-state index contributed by atoms with van der Waals surface area (Å²) in [5.41, 5.74) is 0. The summed E-state index contributed by atoms with van der Waals surface area (Å²) in [7, 11) is 0. The fourth-order valence-electron chi connectivity index (χ4n) is 1.16. The highest BCUT2D eigenvalue weighted by Gasteiger charge is 1.98. The Morgan fingerprint density at radius 2 is 2.50 bits per heavy atom. The van der Waals surface area contributed by atoms with Crippen LogP contribution in [-0.4, -0.2) is 21.3 Å². The molecule has 78 valence electrons. The van der Waals surface area contributed by atoms with Gasteiger partial charge in [0.2, 0.25) is 0 Å². The first-order valence-electron chi connectivity index (χ1n) is 5.06. The third-order valence-corrected chi connectivity index (χ3v) is 1.91. The second-order valence-corrected chi connectivity index (χ2v) is 3.14. The molecule has 0 aliphatic carbocycles. The zero-order valence-corrected chi connectivity index (χ0v) is 8.74. The van der Waals surface area contributed by atoms with Crippen molar-refractivity contribution < 1.29 is 0 Å². The van der Waals surface area contributed by atoms with Crippen molar-refractivity contribution in [1.82, 2.24) is 20.1 Å². The fraction of sp³-hybridized carbons (Fsp3) is 0.600. The number of allylic oxidation sites excluding steroid dienone is 1. The van der Waals surface area contributed by atoms with Crippen molar-refractivity contribution in [2.24, 2.45) is 0 Å². The predicted octanol–water partition coefficient (Wildman–Crippen LogP) is 1.35. The summed E-state index contributed by atoms with van der Waals surface area (Å²) in [6.07, 6.45) is 5.82. The molecule has 1 aromatic heterocycles. The highest BCUT2D eigenvalue weighted by atomic mass is 15.3. The summed E-state index contributed by atoms with van der Waals surface area (Å²) in [4.78, 5) is 4.20. The summed E-state index contributed by atoms with van der Waals surface area (Å²) in [6.45, 7) is 8.38. The maximum Gasteiger partial charge on any atom is 0.164 e. The monoisotopic (exact) mass is 194 g/mol. The van der Waals surface area contributed by atoms with E-state index in [9.17, 15) is 0 Å². The first-order chi connectivity index (χ1) is 6.86. The molecule has 0 amide bonds. The molecule has 0 atom stereocenters. The number of aryl methyl sites for hydroxylation is 1. The van der Waals surface area contributed by atoms with Gasteiger partial charge in [0.25, 0.3) is 0 Å². The van der Waals surface area contributed by atoms with E-state index in [0.29, 0.717) is 0 Å². The number of aromatic nitrogens is 3. The van der Waals surface area contributed by atoms with Crippen LogP contribution in [0.15, 0.2) is 19.0 Å². The summed E-state index contributed by atoms with van der Waals surface area (Å²) in [5.74, 6) is 0.866. The van der Waals surface area contributed by atoms with Crippen LogP contribution in [0.2, 0.25) is 0 Å². The SMILES string of the molecule is C=CCCCn1cnc(CNCC)n1. The number of hydrogen-bond acceptors (Lipinski definition) is 3. The standard InChI is InChI=1S/C10H18N4/c1-3-5-6-7-14-9-12-10(13-14)8-11-4-2/h3,9,11H,1,4-8H2,2H3. The average molecular weight is 194 g/mol. The minimum absolute atomic E-state index is 0.755. The Morgan fingerprint density at radius 3 is 3.21 bits per heavy atom. The van der Waals surface area contributed by atoms with E-state index in [1.54, 1.807) is 6.33 Å². The summed E-state index contributed by atoms with van der Waals surface area (Å²) >= 11 is 0. The van der Waals surface area contributed by atoms with Gasteiger partial charge < -0.3 is 5.32 Å². The van der Waals surface area contributed by atoms with E-state index in [1.165, 1.54) is 0 Å². The molecule has 0 radical (unpaired) electrons. The van der Waals surface area contributed by atoms with Crippen LogP contribution in [0.1, 0.15) is 25.6 Å². The van der Waals surface area contributed by atoms with E-state index in [-0.39, 0.29) is 0 Å². The molecule has 0 unspecified atom stereocenters. The predicted molar refractivity (Wildman–Crippen MR) is 56.8 cm³/mol. The lowest BCUT2D eigenvalue weighted by Crippen LogP contribution is -2.13. The van der Waals surface area contributed by atoms with Crippen LogP contribution in [0.3, 0.4) is 0 Å². The zero-order chi connectivity index (χ0) is 10.2. The van der Waals surface area contributed by atoms with Gasteiger partial charge in [-0.2, -0.15) is 5.10 Å². The van der Waals surface area contributed by atoms with Gasteiger partial charge in [0.1, 0.15) is 6.33 Å². The lowest BCUT2D eigenvalue weighted by atomic mass is 10.3. The maximum atomic E-state index is 4.33. The molecule has 1 N–H and O–H groups in total. The van der Waals surface area contributed by atoms with Gasteiger partial charge in [-0.05, 0) is 19.4 Å². The van der Waals surface area contributed by atoms with Crippen LogP contribution >= 0.6 is 0 Å². The van der Waals surface area contributed by atoms with Crippen molar-refractivity contribution in [3.05, 3.63) is 24.8 Å². The van der Waals surface area contributed by atoms with E-state index >= 15 is 0 Å². The summed E-state index contributed by atoms with van der Waals surface area (Å²) < 4.78 is 1.89. The molecule has 1 heterocycles. The molecule has 0 aliphatic heterocycles. The Kier molecular flexibility index (Phi) is 4.93. The molecule has 0 aromatic carbocycles.